The van der Waals surface area contributed by atoms with Crippen LogP contribution in [0.2, 0.25) is 0 Å². The highest BCUT2D eigenvalue weighted by atomic mass is 32.1. The van der Waals surface area contributed by atoms with Crippen molar-refractivity contribution in [3.63, 3.8) is 0 Å². The second kappa shape index (κ2) is 4.90. The fraction of sp³-hybridized carbons (Fsp3) is 0.583. The van der Waals surface area contributed by atoms with Gasteiger partial charge in [-0.05, 0) is 12.8 Å². The highest BCUT2D eigenvalue weighted by Crippen LogP contribution is 2.41. The summed E-state index contributed by atoms with van der Waals surface area (Å²) in [5, 5.41) is 11.8. The van der Waals surface area contributed by atoms with Crippen molar-refractivity contribution in [1.29, 1.82) is 0 Å². The van der Waals surface area contributed by atoms with Crippen molar-refractivity contribution in [2.75, 3.05) is 19.8 Å². The van der Waals surface area contributed by atoms with Gasteiger partial charge in [0.15, 0.2) is 6.04 Å². The molecule has 102 valence electrons. The minimum absolute atomic E-state index is 0.0424. The van der Waals surface area contributed by atoms with Gasteiger partial charge >= 0.3 is 5.97 Å². The first-order valence-corrected chi connectivity index (χ1v) is 7.11. The number of aromatic nitrogens is 1. The number of carboxylic acids is 1. The lowest BCUT2D eigenvalue weighted by molar-refractivity contribution is -0.147. The van der Waals surface area contributed by atoms with Crippen LogP contribution in [0.3, 0.4) is 0 Å². The number of carbonyl (C=O) groups is 2. The molecule has 7 heteroatoms. The van der Waals surface area contributed by atoms with Crippen LogP contribution in [-0.4, -0.2) is 52.7 Å². The summed E-state index contributed by atoms with van der Waals surface area (Å²) in [5.74, 6) is -0.837. The van der Waals surface area contributed by atoms with Crippen LogP contribution in [0.4, 0.5) is 0 Å². The van der Waals surface area contributed by atoms with E-state index in [1.165, 1.54) is 16.2 Å². The average molecular weight is 282 g/mol. The number of amides is 1. The van der Waals surface area contributed by atoms with E-state index in [1.54, 1.807) is 5.38 Å². The van der Waals surface area contributed by atoms with Crippen LogP contribution in [0.5, 0.6) is 0 Å². The average Bonchev–Trinajstić information content (AvgIpc) is 3.16. The van der Waals surface area contributed by atoms with Crippen molar-refractivity contribution in [2.24, 2.45) is 0 Å². The molecule has 0 radical (unpaired) electrons. The van der Waals surface area contributed by atoms with E-state index in [1.807, 2.05) is 0 Å². The van der Waals surface area contributed by atoms with E-state index in [4.69, 9.17) is 9.84 Å². The first-order chi connectivity index (χ1) is 9.16. The van der Waals surface area contributed by atoms with E-state index in [0.29, 0.717) is 24.8 Å². The summed E-state index contributed by atoms with van der Waals surface area (Å²) in [6.45, 7) is 0.710. The second-order valence-electron chi connectivity index (χ2n) is 4.77. The second-order valence-corrected chi connectivity index (χ2v) is 5.66. The molecule has 6 nitrogen and oxygen atoms in total. The summed E-state index contributed by atoms with van der Waals surface area (Å²) in [6.07, 6.45) is 2.27. The number of rotatable bonds is 3. The Kier molecular flexibility index (Phi) is 3.24. The molecule has 3 rings (SSSR count). The summed E-state index contributed by atoms with van der Waals surface area (Å²) in [5.41, 5.74) is 0.361. The molecule has 2 fully saturated rings. The minimum Gasteiger partial charge on any atom is -0.480 e. The maximum atomic E-state index is 12.3. The van der Waals surface area contributed by atoms with Crippen LogP contribution in [-0.2, 0) is 9.53 Å². The van der Waals surface area contributed by atoms with Crippen LogP contribution >= 0.6 is 11.3 Å². The Morgan fingerprint density at radius 2 is 2.26 bits per heavy atom. The lowest BCUT2D eigenvalue weighted by Gasteiger charge is -2.32. The molecule has 19 heavy (non-hydrogen) atoms. The van der Waals surface area contributed by atoms with E-state index < -0.39 is 12.0 Å². The van der Waals surface area contributed by atoms with Gasteiger partial charge in [-0.25, -0.2) is 9.78 Å². The Bertz CT molecular complexity index is 512. The van der Waals surface area contributed by atoms with E-state index in [0.717, 1.165) is 17.8 Å². The summed E-state index contributed by atoms with van der Waals surface area (Å²) in [7, 11) is 0. The molecule has 0 spiro atoms. The van der Waals surface area contributed by atoms with Gasteiger partial charge in [0, 0.05) is 17.8 Å². The third-order valence-electron chi connectivity index (χ3n) is 3.34. The molecule has 1 saturated heterocycles. The minimum atomic E-state index is -1.04. The van der Waals surface area contributed by atoms with E-state index >= 15 is 0 Å². The van der Waals surface area contributed by atoms with Crippen LogP contribution in [0, 0.1) is 0 Å². The first-order valence-electron chi connectivity index (χ1n) is 6.24. The quantitative estimate of drug-likeness (QED) is 0.892. The largest absolute Gasteiger partial charge is 0.480 e. The maximum Gasteiger partial charge on any atom is 0.328 e. The molecule has 1 aliphatic carbocycles. The number of morpholine rings is 1. The highest BCUT2D eigenvalue weighted by Gasteiger charge is 2.35. The Balaban J connectivity index is 1.78. The van der Waals surface area contributed by atoms with Gasteiger partial charge in [-0.3, -0.25) is 4.79 Å². The lowest BCUT2D eigenvalue weighted by atomic mass is 10.2. The molecule has 1 aliphatic heterocycles. The van der Waals surface area contributed by atoms with Gasteiger partial charge in [-0.1, -0.05) is 0 Å². The summed E-state index contributed by atoms with van der Waals surface area (Å²) < 4.78 is 5.12. The molecule has 1 aromatic rings. The molecule has 1 unspecified atom stereocenters. The molecule has 0 bridgehead atoms. The van der Waals surface area contributed by atoms with Gasteiger partial charge in [-0.15, -0.1) is 11.3 Å². The third kappa shape index (κ3) is 2.48. The monoisotopic (exact) mass is 282 g/mol. The van der Waals surface area contributed by atoms with Crippen LogP contribution in [0.1, 0.15) is 34.3 Å². The number of ether oxygens (including phenoxy) is 1. The molecule has 2 heterocycles. The number of carbonyl (C=O) groups excluding carboxylic acids is 1. The summed E-state index contributed by atoms with van der Waals surface area (Å²) in [6, 6.07) is -0.910. The van der Waals surface area contributed by atoms with Gasteiger partial charge in [0.05, 0.1) is 18.2 Å². The number of hydrogen-bond donors (Lipinski definition) is 1. The molecule has 1 atom stereocenters. The molecular weight excluding hydrogens is 268 g/mol. The van der Waals surface area contributed by atoms with E-state index in [2.05, 4.69) is 4.98 Å². The van der Waals surface area contributed by atoms with Crippen molar-refractivity contribution >= 4 is 23.2 Å². The Labute approximate surface area is 114 Å². The predicted molar refractivity (Wildman–Crippen MR) is 67.4 cm³/mol. The molecule has 1 aromatic heterocycles. The normalized spacial score (nSPS) is 23.4. The molecule has 1 saturated carbocycles. The Morgan fingerprint density at radius 3 is 2.95 bits per heavy atom. The van der Waals surface area contributed by atoms with E-state index in [9.17, 15) is 9.59 Å². The topological polar surface area (TPSA) is 79.7 Å². The molecular formula is C12H14N2O4S. The summed E-state index contributed by atoms with van der Waals surface area (Å²) in [4.78, 5) is 29.1. The van der Waals surface area contributed by atoms with Crippen molar-refractivity contribution in [3.8, 4) is 0 Å². The molecule has 2 aliphatic rings. The first kappa shape index (κ1) is 12.6. The number of aliphatic carboxylic acids is 1. The Morgan fingerprint density at radius 1 is 1.47 bits per heavy atom. The van der Waals surface area contributed by atoms with Crippen LogP contribution in [0.15, 0.2) is 5.38 Å². The fourth-order valence-electron chi connectivity index (χ4n) is 2.10. The van der Waals surface area contributed by atoms with Gasteiger partial charge in [0.1, 0.15) is 5.69 Å². The zero-order valence-corrected chi connectivity index (χ0v) is 11.1. The van der Waals surface area contributed by atoms with Crippen LogP contribution < -0.4 is 0 Å². The van der Waals surface area contributed by atoms with Crippen molar-refractivity contribution in [3.05, 3.63) is 16.1 Å². The number of hydrogen-bond acceptors (Lipinski definition) is 5. The van der Waals surface area contributed by atoms with Crippen molar-refractivity contribution in [1.82, 2.24) is 9.88 Å². The maximum absolute atomic E-state index is 12.3. The van der Waals surface area contributed by atoms with Gasteiger partial charge < -0.3 is 14.7 Å². The van der Waals surface area contributed by atoms with Gasteiger partial charge in [0.2, 0.25) is 0 Å². The fourth-order valence-corrected chi connectivity index (χ4v) is 3.07. The third-order valence-corrected chi connectivity index (χ3v) is 4.35. The van der Waals surface area contributed by atoms with Crippen molar-refractivity contribution in [2.45, 2.75) is 24.8 Å². The zero-order valence-electron chi connectivity index (χ0n) is 10.2. The number of carboxylic acid groups (broad SMARTS) is 1. The highest BCUT2D eigenvalue weighted by molar-refractivity contribution is 7.10. The smallest absolute Gasteiger partial charge is 0.328 e. The van der Waals surface area contributed by atoms with Gasteiger partial charge in [0.25, 0.3) is 5.91 Å². The van der Waals surface area contributed by atoms with Gasteiger partial charge in [-0.2, -0.15) is 0 Å². The molecule has 0 aromatic carbocycles. The van der Waals surface area contributed by atoms with E-state index in [-0.39, 0.29) is 12.5 Å². The van der Waals surface area contributed by atoms with Crippen molar-refractivity contribution < 1.29 is 19.4 Å². The van der Waals surface area contributed by atoms with Crippen LogP contribution in [0.25, 0.3) is 0 Å². The summed E-state index contributed by atoms with van der Waals surface area (Å²) >= 11 is 1.48. The number of thiazole rings is 1. The zero-order chi connectivity index (χ0) is 13.4. The molecule has 1 amide bonds. The SMILES string of the molecule is O=C(O)C1COCCN1C(=O)c1csc(C2CC2)n1. The predicted octanol–water partition coefficient (Wildman–Crippen LogP) is 0.946. The molecule has 1 N–H and O–H groups in total. The standard InChI is InChI=1S/C12H14N2O4S/c15-11(8-6-19-10(13-8)7-1-2-7)14-3-4-18-5-9(14)12(16)17/h6-7,9H,1-5H2,(H,16,17). The Hall–Kier alpha value is -1.47. The number of nitrogens with zero attached hydrogens (tertiary/aromatic N) is 2. The lowest BCUT2D eigenvalue weighted by Crippen LogP contribution is -2.52.